The van der Waals surface area contributed by atoms with Gasteiger partial charge in [0.05, 0.1) is 11.2 Å². The van der Waals surface area contributed by atoms with Gasteiger partial charge in [-0.15, -0.1) is 0 Å². The zero-order chi connectivity index (χ0) is 15.5. The lowest BCUT2D eigenvalue weighted by atomic mass is 9.67. The fourth-order valence-corrected chi connectivity index (χ4v) is 4.79. The molecule has 2 aliphatic rings. The van der Waals surface area contributed by atoms with Gasteiger partial charge < -0.3 is 10.6 Å². The van der Waals surface area contributed by atoms with Crippen LogP contribution >= 0.6 is 0 Å². The molecule has 6 nitrogen and oxygen atoms in total. The van der Waals surface area contributed by atoms with Crippen molar-refractivity contribution in [2.75, 3.05) is 25.4 Å². The molecular weight excluding hydrogens is 290 g/mol. The number of nitrogens with one attached hydrogen (secondary N) is 3. The molecule has 0 unspecified atom stereocenters. The molecule has 0 spiro atoms. The topological polar surface area (TPSA) is 87.3 Å². The number of sulfonamides is 1. The second-order valence-corrected chi connectivity index (χ2v) is 8.45. The molecule has 2 rings (SSSR count). The summed E-state index contributed by atoms with van der Waals surface area (Å²) in [7, 11) is -3.31. The number of rotatable bonds is 6. The number of carbonyl (C=O) groups is 1. The third kappa shape index (κ3) is 3.96. The molecule has 1 aliphatic carbocycles. The molecule has 1 amide bonds. The molecule has 0 radical (unpaired) electrons. The minimum Gasteiger partial charge on any atom is -0.354 e. The molecule has 21 heavy (non-hydrogen) atoms. The number of hydrogen-bond acceptors (Lipinski definition) is 4. The summed E-state index contributed by atoms with van der Waals surface area (Å²) in [6, 6.07) is -0.119. The molecule has 7 heteroatoms. The van der Waals surface area contributed by atoms with E-state index in [0.29, 0.717) is 5.92 Å². The number of carbonyl (C=O) groups excluding carboxylic acids is 1. The quantitative estimate of drug-likeness (QED) is 0.653. The molecule has 2 atom stereocenters. The highest BCUT2D eigenvalue weighted by molar-refractivity contribution is 7.89. The highest BCUT2D eigenvalue weighted by atomic mass is 32.2. The van der Waals surface area contributed by atoms with E-state index in [1.807, 2.05) is 0 Å². The predicted octanol–water partition coefficient (Wildman–Crippen LogP) is 0.210. The number of amides is 1. The van der Waals surface area contributed by atoms with Crippen molar-refractivity contribution in [1.82, 2.24) is 15.4 Å². The summed E-state index contributed by atoms with van der Waals surface area (Å²) < 4.78 is 26.0. The van der Waals surface area contributed by atoms with E-state index in [0.717, 1.165) is 32.4 Å². The first kappa shape index (κ1) is 16.7. The van der Waals surface area contributed by atoms with Gasteiger partial charge in [-0.3, -0.25) is 4.79 Å². The van der Waals surface area contributed by atoms with E-state index in [-0.39, 0.29) is 29.7 Å². The van der Waals surface area contributed by atoms with Gasteiger partial charge in [0.2, 0.25) is 15.9 Å². The fraction of sp³-hybridized carbons (Fsp3) is 0.929. The molecule has 2 fully saturated rings. The molecule has 0 bridgehead atoms. The molecule has 0 aromatic rings. The second kappa shape index (κ2) is 6.62. The van der Waals surface area contributed by atoms with Crippen LogP contribution < -0.4 is 15.4 Å². The zero-order valence-corrected chi connectivity index (χ0v) is 13.8. The lowest BCUT2D eigenvalue weighted by molar-refractivity contribution is -0.133. The van der Waals surface area contributed by atoms with E-state index in [1.165, 1.54) is 6.42 Å². The van der Waals surface area contributed by atoms with Gasteiger partial charge in [-0.2, -0.15) is 0 Å². The molecule has 1 aliphatic heterocycles. The van der Waals surface area contributed by atoms with Crippen molar-refractivity contribution in [3.8, 4) is 0 Å². The van der Waals surface area contributed by atoms with Crippen LogP contribution in [-0.2, 0) is 14.8 Å². The average molecular weight is 317 g/mol. The molecule has 1 heterocycles. The van der Waals surface area contributed by atoms with Gasteiger partial charge in [-0.05, 0) is 39.2 Å². The van der Waals surface area contributed by atoms with Gasteiger partial charge in [-0.1, -0.05) is 12.8 Å². The molecule has 122 valence electrons. The highest BCUT2D eigenvalue weighted by Gasteiger charge is 2.49. The number of hydrogen-bond donors (Lipinski definition) is 3. The first-order chi connectivity index (χ1) is 9.86. The van der Waals surface area contributed by atoms with Crippen molar-refractivity contribution in [2.24, 2.45) is 11.3 Å². The van der Waals surface area contributed by atoms with Gasteiger partial charge in [0.15, 0.2) is 0 Å². The Kier molecular flexibility index (Phi) is 5.27. The normalized spacial score (nSPS) is 29.4. The molecule has 0 aromatic carbocycles. The van der Waals surface area contributed by atoms with Crippen LogP contribution in [0.25, 0.3) is 0 Å². The Morgan fingerprint density at radius 1 is 1.38 bits per heavy atom. The largest absolute Gasteiger partial charge is 0.354 e. The van der Waals surface area contributed by atoms with Crippen LogP contribution in [0.15, 0.2) is 0 Å². The third-order valence-corrected chi connectivity index (χ3v) is 6.13. The fourth-order valence-electron chi connectivity index (χ4n) is 3.58. The van der Waals surface area contributed by atoms with E-state index >= 15 is 0 Å². The summed E-state index contributed by atoms with van der Waals surface area (Å²) in [6.45, 7) is 5.37. The predicted molar refractivity (Wildman–Crippen MR) is 82.3 cm³/mol. The SMILES string of the molecule is CC(C)NS(=O)(=O)CCNC(=O)[C@@]12CCCC[C@H]1CNC2. The highest BCUT2D eigenvalue weighted by Crippen LogP contribution is 2.43. The summed E-state index contributed by atoms with van der Waals surface area (Å²) >= 11 is 0. The van der Waals surface area contributed by atoms with Gasteiger partial charge >= 0.3 is 0 Å². The maximum absolute atomic E-state index is 12.5. The second-order valence-electron chi connectivity index (χ2n) is 6.58. The minimum atomic E-state index is -3.31. The van der Waals surface area contributed by atoms with Crippen molar-refractivity contribution >= 4 is 15.9 Å². The first-order valence-electron chi connectivity index (χ1n) is 7.85. The molecule has 0 aromatic heterocycles. The van der Waals surface area contributed by atoms with Crippen LogP contribution in [0.3, 0.4) is 0 Å². The van der Waals surface area contributed by atoms with Crippen LogP contribution in [0.1, 0.15) is 39.5 Å². The Labute approximate surface area is 127 Å². The van der Waals surface area contributed by atoms with Gasteiger partial charge in [0.1, 0.15) is 0 Å². The molecule has 3 N–H and O–H groups in total. The van der Waals surface area contributed by atoms with Crippen molar-refractivity contribution < 1.29 is 13.2 Å². The summed E-state index contributed by atoms with van der Waals surface area (Å²) in [5.41, 5.74) is -0.312. The standard InChI is InChI=1S/C14H27N3O3S/c1-11(2)17-21(19,20)8-7-16-13(18)14-6-4-3-5-12(14)9-15-10-14/h11-12,15,17H,3-10H2,1-2H3,(H,16,18)/t12-,14+/m0/s1. The smallest absolute Gasteiger partial charge is 0.227 e. The minimum absolute atomic E-state index is 0.0250. The van der Waals surface area contributed by atoms with Crippen LogP contribution in [-0.4, -0.2) is 45.8 Å². The van der Waals surface area contributed by atoms with Crippen LogP contribution in [0.4, 0.5) is 0 Å². The summed E-state index contributed by atoms with van der Waals surface area (Å²) in [5, 5.41) is 6.17. The van der Waals surface area contributed by atoms with Crippen LogP contribution in [0.2, 0.25) is 0 Å². The lowest BCUT2D eigenvalue weighted by Crippen LogP contribution is -2.49. The van der Waals surface area contributed by atoms with Gasteiger partial charge in [-0.25, -0.2) is 13.1 Å². The monoisotopic (exact) mass is 317 g/mol. The van der Waals surface area contributed by atoms with Crippen molar-refractivity contribution in [3.63, 3.8) is 0 Å². The number of fused-ring (bicyclic) bond motifs is 1. The van der Waals surface area contributed by atoms with E-state index < -0.39 is 10.0 Å². The maximum Gasteiger partial charge on any atom is 0.227 e. The summed E-state index contributed by atoms with van der Waals surface area (Å²) in [5.74, 6) is 0.360. The molecular formula is C14H27N3O3S. The van der Waals surface area contributed by atoms with E-state index in [1.54, 1.807) is 13.8 Å². The van der Waals surface area contributed by atoms with Crippen molar-refractivity contribution in [2.45, 2.75) is 45.6 Å². The van der Waals surface area contributed by atoms with E-state index in [2.05, 4.69) is 15.4 Å². The Bertz CT molecular complexity index is 478. The Morgan fingerprint density at radius 3 is 2.86 bits per heavy atom. The third-order valence-electron chi connectivity index (χ3n) is 4.56. The van der Waals surface area contributed by atoms with Crippen molar-refractivity contribution in [1.29, 1.82) is 0 Å². The van der Waals surface area contributed by atoms with Gasteiger partial charge in [0, 0.05) is 19.1 Å². The summed E-state index contributed by atoms with van der Waals surface area (Å²) in [4.78, 5) is 12.5. The summed E-state index contributed by atoms with van der Waals surface area (Å²) in [6.07, 6.45) is 4.27. The zero-order valence-electron chi connectivity index (χ0n) is 12.9. The maximum atomic E-state index is 12.5. The Hall–Kier alpha value is -0.660. The van der Waals surface area contributed by atoms with Gasteiger partial charge in [0.25, 0.3) is 0 Å². The molecule has 1 saturated heterocycles. The lowest BCUT2D eigenvalue weighted by Gasteiger charge is -2.37. The van der Waals surface area contributed by atoms with E-state index in [9.17, 15) is 13.2 Å². The average Bonchev–Trinajstić information content (AvgIpc) is 2.81. The van der Waals surface area contributed by atoms with Crippen molar-refractivity contribution in [3.05, 3.63) is 0 Å². The Balaban J connectivity index is 1.87. The Morgan fingerprint density at radius 2 is 2.14 bits per heavy atom. The van der Waals surface area contributed by atoms with Crippen LogP contribution in [0, 0.1) is 11.3 Å². The van der Waals surface area contributed by atoms with Crippen LogP contribution in [0.5, 0.6) is 0 Å². The van der Waals surface area contributed by atoms with E-state index in [4.69, 9.17) is 0 Å². The molecule has 1 saturated carbocycles. The first-order valence-corrected chi connectivity index (χ1v) is 9.50.